The van der Waals surface area contributed by atoms with Gasteiger partial charge in [-0.05, 0) is 38.5 Å². The summed E-state index contributed by atoms with van der Waals surface area (Å²) in [5.41, 5.74) is 1.67. The Morgan fingerprint density at radius 2 is 1.89 bits per heavy atom. The lowest BCUT2D eigenvalue weighted by molar-refractivity contribution is 0.422. The first-order valence-electron chi connectivity index (χ1n) is 5.98. The smallest absolute Gasteiger partial charge is 0.227 e. The number of benzene rings is 1. The summed E-state index contributed by atoms with van der Waals surface area (Å²) in [6, 6.07) is 4.72. The molecule has 0 unspecified atom stereocenters. The lowest BCUT2D eigenvalue weighted by Crippen LogP contribution is -2.03. The molecule has 0 atom stereocenters. The Morgan fingerprint density at radius 1 is 1.16 bits per heavy atom. The van der Waals surface area contributed by atoms with Crippen LogP contribution in [0.15, 0.2) is 18.2 Å². The number of hydrogen-bond donors (Lipinski definition) is 1. The van der Waals surface area contributed by atoms with Crippen LogP contribution in [0.1, 0.15) is 17.0 Å². The highest BCUT2D eigenvalue weighted by Crippen LogP contribution is 2.29. The van der Waals surface area contributed by atoms with Crippen LogP contribution >= 0.6 is 0 Å². The predicted octanol–water partition coefficient (Wildman–Crippen LogP) is 3.37. The van der Waals surface area contributed by atoms with Gasteiger partial charge in [-0.25, -0.2) is 9.37 Å². The summed E-state index contributed by atoms with van der Waals surface area (Å²) in [6.07, 6.45) is 0. The number of aryl methyl sites for hydroxylation is 2. The Morgan fingerprint density at radius 3 is 2.58 bits per heavy atom. The Hall–Kier alpha value is -2.17. The number of nitrogens with zero attached hydrogens (tertiary/aromatic N) is 2. The van der Waals surface area contributed by atoms with E-state index in [1.165, 1.54) is 6.07 Å². The van der Waals surface area contributed by atoms with Gasteiger partial charge in [-0.15, -0.1) is 0 Å². The molecule has 0 spiro atoms. The average Bonchev–Trinajstić information content (AvgIpc) is 2.37. The highest BCUT2D eigenvalue weighted by molar-refractivity contribution is 5.49. The highest BCUT2D eigenvalue weighted by Gasteiger charge is 2.12. The second-order valence-corrected chi connectivity index (χ2v) is 4.34. The van der Waals surface area contributed by atoms with Crippen molar-refractivity contribution in [3.63, 3.8) is 0 Å². The minimum absolute atomic E-state index is 0.170. The zero-order valence-corrected chi connectivity index (χ0v) is 11.4. The molecule has 0 saturated carbocycles. The van der Waals surface area contributed by atoms with Gasteiger partial charge < -0.3 is 10.1 Å². The quantitative estimate of drug-likeness (QED) is 0.920. The first-order chi connectivity index (χ1) is 9.01. The fraction of sp³-hybridized carbons (Fsp3) is 0.286. The molecule has 0 aliphatic heterocycles. The second-order valence-electron chi connectivity index (χ2n) is 4.34. The SMILES string of the molecule is CNc1nc(C)nc(Oc2cc(C)ccc2F)c1C. The number of halogens is 1. The van der Waals surface area contributed by atoms with Crippen LogP contribution in [-0.4, -0.2) is 17.0 Å². The van der Waals surface area contributed by atoms with Crippen molar-refractivity contribution < 1.29 is 9.13 Å². The van der Waals surface area contributed by atoms with Crippen molar-refractivity contribution in [2.75, 3.05) is 12.4 Å². The van der Waals surface area contributed by atoms with Crippen molar-refractivity contribution >= 4 is 5.82 Å². The molecule has 100 valence electrons. The van der Waals surface area contributed by atoms with Crippen molar-refractivity contribution in [2.45, 2.75) is 20.8 Å². The standard InChI is InChI=1S/C14H16FN3O/c1-8-5-6-11(15)12(7-8)19-14-9(2)13(16-4)17-10(3)18-14/h5-7H,1-4H3,(H,16,17,18). The Labute approximate surface area is 111 Å². The van der Waals surface area contributed by atoms with Crippen LogP contribution in [-0.2, 0) is 0 Å². The van der Waals surface area contributed by atoms with E-state index in [1.54, 1.807) is 26.1 Å². The molecule has 0 amide bonds. The average molecular weight is 261 g/mol. The van der Waals surface area contributed by atoms with E-state index in [1.807, 2.05) is 13.8 Å². The van der Waals surface area contributed by atoms with Gasteiger partial charge in [0.1, 0.15) is 11.6 Å². The van der Waals surface area contributed by atoms with E-state index in [-0.39, 0.29) is 5.75 Å². The maximum Gasteiger partial charge on any atom is 0.227 e. The molecule has 0 aliphatic carbocycles. The van der Waals surface area contributed by atoms with Gasteiger partial charge in [-0.3, -0.25) is 0 Å². The molecule has 1 aromatic heterocycles. The number of nitrogens with one attached hydrogen (secondary N) is 1. The van der Waals surface area contributed by atoms with Crippen LogP contribution in [0.4, 0.5) is 10.2 Å². The topological polar surface area (TPSA) is 47.0 Å². The van der Waals surface area contributed by atoms with Gasteiger partial charge in [0, 0.05) is 7.05 Å². The van der Waals surface area contributed by atoms with Gasteiger partial charge in [0.25, 0.3) is 0 Å². The fourth-order valence-corrected chi connectivity index (χ4v) is 1.74. The van der Waals surface area contributed by atoms with Gasteiger partial charge in [-0.2, -0.15) is 4.98 Å². The van der Waals surface area contributed by atoms with Crippen LogP contribution < -0.4 is 10.1 Å². The maximum absolute atomic E-state index is 13.7. The van der Waals surface area contributed by atoms with Crippen LogP contribution in [0.5, 0.6) is 11.6 Å². The molecule has 2 rings (SSSR count). The van der Waals surface area contributed by atoms with Crippen molar-refractivity contribution in [3.05, 3.63) is 41.0 Å². The van der Waals surface area contributed by atoms with E-state index < -0.39 is 5.82 Å². The van der Waals surface area contributed by atoms with E-state index in [0.29, 0.717) is 17.5 Å². The Bertz CT molecular complexity index is 614. The number of aromatic nitrogens is 2. The largest absolute Gasteiger partial charge is 0.435 e. The fourth-order valence-electron chi connectivity index (χ4n) is 1.74. The van der Waals surface area contributed by atoms with Crippen molar-refractivity contribution in [2.24, 2.45) is 0 Å². The summed E-state index contributed by atoms with van der Waals surface area (Å²) < 4.78 is 19.3. The third-order valence-electron chi connectivity index (χ3n) is 2.74. The molecule has 0 radical (unpaired) electrons. The maximum atomic E-state index is 13.7. The van der Waals surface area contributed by atoms with Gasteiger partial charge in [-0.1, -0.05) is 6.07 Å². The molecule has 1 aromatic carbocycles. The zero-order chi connectivity index (χ0) is 14.0. The molecular weight excluding hydrogens is 245 g/mol. The van der Waals surface area contributed by atoms with Gasteiger partial charge in [0.2, 0.25) is 5.88 Å². The van der Waals surface area contributed by atoms with E-state index in [0.717, 1.165) is 11.1 Å². The minimum atomic E-state index is -0.410. The van der Waals surface area contributed by atoms with Crippen LogP contribution in [0, 0.1) is 26.6 Å². The van der Waals surface area contributed by atoms with E-state index >= 15 is 0 Å². The van der Waals surface area contributed by atoms with Crippen LogP contribution in [0.25, 0.3) is 0 Å². The van der Waals surface area contributed by atoms with Crippen molar-refractivity contribution in [1.29, 1.82) is 0 Å². The molecule has 1 heterocycles. The summed E-state index contributed by atoms with van der Waals surface area (Å²) in [6.45, 7) is 5.47. The first-order valence-corrected chi connectivity index (χ1v) is 5.98. The van der Waals surface area contributed by atoms with E-state index in [2.05, 4.69) is 15.3 Å². The first kappa shape index (κ1) is 13.3. The molecule has 4 nitrogen and oxygen atoms in total. The molecule has 0 saturated heterocycles. The summed E-state index contributed by atoms with van der Waals surface area (Å²) >= 11 is 0. The lowest BCUT2D eigenvalue weighted by atomic mass is 10.2. The van der Waals surface area contributed by atoms with E-state index in [4.69, 9.17) is 4.74 Å². The summed E-state index contributed by atoms with van der Waals surface area (Å²) in [5, 5.41) is 2.96. The molecule has 0 fully saturated rings. The number of ether oxygens (including phenoxy) is 1. The minimum Gasteiger partial charge on any atom is -0.435 e. The van der Waals surface area contributed by atoms with Gasteiger partial charge in [0.15, 0.2) is 11.6 Å². The molecular formula is C14H16FN3O. The van der Waals surface area contributed by atoms with E-state index in [9.17, 15) is 4.39 Å². The van der Waals surface area contributed by atoms with Gasteiger partial charge >= 0.3 is 0 Å². The third-order valence-corrected chi connectivity index (χ3v) is 2.74. The molecule has 2 aromatic rings. The third kappa shape index (κ3) is 2.81. The monoisotopic (exact) mass is 261 g/mol. The molecule has 5 heteroatoms. The highest BCUT2D eigenvalue weighted by atomic mass is 19.1. The molecule has 1 N–H and O–H groups in total. The molecule has 0 aliphatic rings. The van der Waals surface area contributed by atoms with Crippen molar-refractivity contribution in [3.8, 4) is 11.6 Å². The van der Waals surface area contributed by atoms with Crippen LogP contribution in [0.2, 0.25) is 0 Å². The number of anilines is 1. The molecule has 19 heavy (non-hydrogen) atoms. The van der Waals surface area contributed by atoms with Crippen molar-refractivity contribution in [1.82, 2.24) is 9.97 Å². The van der Waals surface area contributed by atoms with Gasteiger partial charge in [0.05, 0.1) is 5.56 Å². The number of hydrogen-bond acceptors (Lipinski definition) is 4. The normalized spacial score (nSPS) is 10.4. The zero-order valence-electron chi connectivity index (χ0n) is 11.4. The summed E-state index contributed by atoms with van der Waals surface area (Å²) in [4.78, 5) is 8.44. The number of rotatable bonds is 3. The summed E-state index contributed by atoms with van der Waals surface area (Å²) in [7, 11) is 1.77. The Balaban J connectivity index is 2.43. The Kier molecular flexibility index (Phi) is 3.64. The second kappa shape index (κ2) is 5.22. The molecule has 0 bridgehead atoms. The predicted molar refractivity (Wildman–Crippen MR) is 72.3 cm³/mol. The summed E-state index contributed by atoms with van der Waals surface area (Å²) in [5.74, 6) is 1.37. The lowest BCUT2D eigenvalue weighted by Gasteiger charge is -2.12. The van der Waals surface area contributed by atoms with Crippen LogP contribution in [0.3, 0.4) is 0 Å².